The maximum atomic E-state index is 13.0. The van der Waals surface area contributed by atoms with Gasteiger partial charge in [0.15, 0.2) is 0 Å². The van der Waals surface area contributed by atoms with E-state index in [0.29, 0.717) is 34.2 Å². The van der Waals surface area contributed by atoms with E-state index in [9.17, 15) is 9.59 Å². The summed E-state index contributed by atoms with van der Waals surface area (Å²) in [5.41, 5.74) is 1.36. The highest BCUT2D eigenvalue weighted by Crippen LogP contribution is 2.27. The monoisotopic (exact) mass is 409 g/mol. The summed E-state index contributed by atoms with van der Waals surface area (Å²) in [4.78, 5) is 25.6. The summed E-state index contributed by atoms with van der Waals surface area (Å²) in [5, 5.41) is 3.30. The quantitative estimate of drug-likeness (QED) is 0.539. The number of hydrogen-bond donors (Lipinski definition) is 1. The first-order chi connectivity index (χ1) is 14.1. The fourth-order valence-corrected chi connectivity index (χ4v) is 2.84. The average Bonchev–Trinajstić information content (AvgIpc) is 2.74. The van der Waals surface area contributed by atoms with Gasteiger partial charge in [-0.3, -0.25) is 4.79 Å². The van der Waals surface area contributed by atoms with Crippen molar-refractivity contribution in [1.29, 1.82) is 0 Å². The second-order valence-corrected chi connectivity index (χ2v) is 6.56. The van der Waals surface area contributed by atoms with Crippen LogP contribution in [-0.4, -0.2) is 18.5 Å². The van der Waals surface area contributed by atoms with Gasteiger partial charge in [-0.15, -0.1) is 0 Å². The van der Waals surface area contributed by atoms with Crippen LogP contribution in [0.4, 0.5) is 5.69 Å². The van der Waals surface area contributed by atoms with Gasteiger partial charge in [0.1, 0.15) is 5.75 Å². The number of hydrogen-bond acceptors (Lipinski definition) is 4. The molecule has 5 nitrogen and oxygen atoms in total. The van der Waals surface area contributed by atoms with Crippen LogP contribution < -0.4 is 10.1 Å². The average molecular weight is 410 g/mol. The Labute approximate surface area is 174 Å². The Morgan fingerprint density at radius 2 is 1.59 bits per heavy atom. The second kappa shape index (κ2) is 9.75. The first kappa shape index (κ1) is 20.4. The summed E-state index contributed by atoms with van der Waals surface area (Å²) in [6, 6.07) is 22.2. The molecule has 1 unspecified atom stereocenters. The summed E-state index contributed by atoms with van der Waals surface area (Å²) >= 11 is 5.87. The number of nitrogens with one attached hydrogen (secondary N) is 1. The minimum Gasteiger partial charge on any atom is -0.492 e. The molecule has 0 aromatic heterocycles. The molecule has 0 saturated carbocycles. The number of anilines is 1. The first-order valence-electron chi connectivity index (χ1n) is 9.12. The molecule has 1 atom stereocenters. The molecule has 0 aliphatic carbocycles. The smallest absolute Gasteiger partial charge is 0.339 e. The molecule has 148 valence electrons. The van der Waals surface area contributed by atoms with E-state index in [-0.39, 0.29) is 0 Å². The van der Waals surface area contributed by atoms with Crippen molar-refractivity contribution < 1.29 is 19.1 Å². The van der Waals surface area contributed by atoms with E-state index in [2.05, 4.69) is 5.32 Å². The summed E-state index contributed by atoms with van der Waals surface area (Å²) in [6.07, 6.45) is -1.13. The number of carbonyl (C=O) groups is 2. The fraction of sp³-hybridized carbons (Fsp3) is 0.130. The van der Waals surface area contributed by atoms with Crippen molar-refractivity contribution in [1.82, 2.24) is 0 Å². The molecule has 0 spiro atoms. The minimum atomic E-state index is -1.13. The van der Waals surface area contributed by atoms with Gasteiger partial charge in [0.2, 0.25) is 6.10 Å². The van der Waals surface area contributed by atoms with Gasteiger partial charge >= 0.3 is 5.97 Å². The Balaban J connectivity index is 1.85. The van der Waals surface area contributed by atoms with Crippen LogP contribution >= 0.6 is 11.6 Å². The van der Waals surface area contributed by atoms with Crippen molar-refractivity contribution in [2.75, 3.05) is 11.9 Å². The molecule has 3 rings (SSSR count). The van der Waals surface area contributed by atoms with Gasteiger partial charge in [0.05, 0.1) is 17.9 Å². The largest absolute Gasteiger partial charge is 0.492 e. The lowest BCUT2D eigenvalue weighted by Crippen LogP contribution is -2.26. The molecular formula is C23H20ClNO4. The van der Waals surface area contributed by atoms with Crippen molar-refractivity contribution >= 4 is 29.2 Å². The Bertz CT molecular complexity index is 974. The van der Waals surface area contributed by atoms with Crippen LogP contribution in [0.2, 0.25) is 5.02 Å². The standard InChI is InChI=1S/C23H20ClNO4/c1-2-28-20-11-7-6-10-19(20)25-22(26)21(16-8-4-3-5-9-16)29-23(27)17-12-14-18(24)15-13-17/h3-15,21H,2H2,1H3,(H,25,26). The third-order valence-corrected chi connectivity index (χ3v) is 4.34. The number of ether oxygens (including phenoxy) is 2. The molecule has 3 aromatic carbocycles. The third kappa shape index (κ3) is 5.36. The zero-order valence-corrected chi connectivity index (χ0v) is 16.6. The lowest BCUT2D eigenvalue weighted by Gasteiger charge is -2.19. The highest BCUT2D eigenvalue weighted by Gasteiger charge is 2.26. The molecule has 1 N–H and O–H groups in total. The van der Waals surface area contributed by atoms with Crippen molar-refractivity contribution in [2.24, 2.45) is 0 Å². The number of halogens is 1. The molecule has 1 amide bonds. The van der Waals surface area contributed by atoms with Crippen LogP contribution in [0.3, 0.4) is 0 Å². The number of para-hydroxylation sites is 2. The van der Waals surface area contributed by atoms with E-state index in [1.54, 1.807) is 66.7 Å². The Morgan fingerprint density at radius 3 is 2.28 bits per heavy atom. The number of carbonyl (C=O) groups excluding carboxylic acids is 2. The summed E-state index contributed by atoms with van der Waals surface area (Å²) in [5.74, 6) is -0.561. The number of amides is 1. The van der Waals surface area contributed by atoms with E-state index in [1.165, 1.54) is 0 Å². The van der Waals surface area contributed by atoms with Crippen molar-refractivity contribution in [3.05, 3.63) is 95.0 Å². The predicted molar refractivity (Wildman–Crippen MR) is 112 cm³/mol. The van der Waals surface area contributed by atoms with E-state index < -0.39 is 18.0 Å². The fourth-order valence-electron chi connectivity index (χ4n) is 2.71. The Kier molecular flexibility index (Phi) is 6.87. The Morgan fingerprint density at radius 1 is 0.931 bits per heavy atom. The molecule has 3 aromatic rings. The zero-order valence-electron chi connectivity index (χ0n) is 15.8. The second-order valence-electron chi connectivity index (χ2n) is 6.12. The van der Waals surface area contributed by atoms with Gasteiger partial charge in [-0.05, 0) is 43.3 Å². The summed E-state index contributed by atoms with van der Waals surface area (Å²) in [7, 11) is 0. The van der Waals surface area contributed by atoms with E-state index in [4.69, 9.17) is 21.1 Å². The molecule has 0 bridgehead atoms. The number of esters is 1. The molecule has 0 saturated heterocycles. The van der Waals surface area contributed by atoms with E-state index in [1.807, 2.05) is 19.1 Å². The van der Waals surface area contributed by atoms with Gasteiger partial charge in [-0.25, -0.2) is 4.79 Å². The maximum absolute atomic E-state index is 13.0. The molecule has 6 heteroatoms. The summed E-state index contributed by atoms with van der Waals surface area (Å²) < 4.78 is 11.1. The summed E-state index contributed by atoms with van der Waals surface area (Å²) in [6.45, 7) is 2.32. The zero-order chi connectivity index (χ0) is 20.6. The normalized spacial score (nSPS) is 11.4. The van der Waals surface area contributed by atoms with Crippen LogP contribution in [0.15, 0.2) is 78.9 Å². The molecular weight excluding hydrogens is 390 g/mol. The number of benzene rings is 3. The van der Waals surface area contributed by atoms with Crippen molar-refractivity contribution in [2.45, 2.75) is 13.0 Å². The third-order valence-electron chi connectivity index (χ3n) is 4.09. The highest BCUT2D eigenvalue weighted by molar-refractivity contribution is 6.30. The molecule has 0 fully saturated rings. The van der Waals surface area contributed by atoms with E-state index in [0.717, 1.165) is 0 Å². The lowest BCUT2D eigenvalue weighted by molar-refractivity contribution is -0.125. The molecule has 0 radical (unpaired) electrons. The van der Waals surface area contributed by atoms with Crippen molar-refractivity contribution in [3.63, 3.8) is 0 Å². The minimum absolute atomic E-state index is 0.304. The van der Waals surface area contributed by atoms with Crippen molar-refractivity contribution in [3.8, 4) is 5.75 Å². The van der Waals surface area contributed by atoms with Crippen LogP contribution in [0, 0.1) is 0 Å². The van der Waals surface area contributed by atoms with Crippen LogP contribution in [0.1, 0.15) is 28.9 Å². The molecule has 0 aliphatic heterocycles. The SMILES string of the molecule is CCOc1ccccc1NC(=O)C(OC(=O)c1ccc(Cl)cc1)c1ccccc1. The van der Waals surface area contributed by atoms with Crippen LogP contribution in [0.25, 0.3) is 0 Å². The van der Waals surface area contributed by atoms with Crippen LogP contribution in [0.5, 0.6) is 5.75 Å². The first-order valence-corrected chi connectivity index (χ1v) is 9.50. The van der Waals surface area contributed by atoms with Gasteiger partial charge in [-0.1, -0.05) is 54.1 Å². The van der Waals surface area contributed by atoms with E-state index >= 15 is 0 Å². The molecule has 29 heavy (non-hydrogen) atoms. The predicted octanol–water partition coefficient (Wildman–Crippen LogP) is 5.28. The topological polar surface area (TPSA) is 64.6 Å². The maximum Gasteiger partial charge on any atom is 0.339 e. The van der Waals surface area contributed by atoms with Crippen LogP contribution in [-0.2, 0) is 9.53 Å². The van der Waals surface area contributed by atoms with Gasteiger partial charge < -0.3 is 14.8 Å². The number of rotatable bonds is 7. The lowest BCUT2D eigenvalue weighted by atomic mass is 10.1. The van der Waals surface area contributed by atoms with Gasteiger partial charge in [0, 0.05) is 10.6 Å². The van der Waals surface area contributed by atoms with Gasteiger partial charge in [-0.2, -0.15) is 0 Å². The molecule has 0 aliphatic rings. The van der Waals surface area contributed by atoms with Gasteiger partial charge in [0.25, 0.3) is 5.91 Å². The Hall–Kier alpha value is -3.31. The highest BCUT2D eigenvalue weighted by atomic mass is 35.5. The molecule has 0 heterocycles.